The van der Waals surface area contributed by atoms with E-state index >= 15 is 0 Å². The average Bonchev–Trinajstić information content (AvgIpc) is 3.09. The molecule has 0 aromatic heterocycles. The van der Waals surface area contributed by atoms with Crippen LogP contribution in [0.25, 0.3) is 0 Å². The number of nitrogens with one attached hydrogen (secondary N) is 1. The molecule has 1 N–H and O–H groups in total. The zero-order chi connectivity index (χ0) is 15.9. The molecule has 126 valence electrons. The summed E-state index contributed by atoms with van der Waals surface area (Å²) < 4.78 is 5.53. The smallest absolute Gasteiger partial charge is 0.234 e. The Balaban J connectivity index is 1.33. The maximum absolute atomic E-state index is 12.0. The molecule has 0 aliphatic carbocycles. The molecular weight excluding hydrogens is 290 g/mol. The number of nitrogens with zero attached hydrogens (tertiary/aromatic N) is 2. The van der Waals surface area contributed by atoms with E-state index in [1.807, 2.05) is 0 Å². The molecule has 2 aliphatic heterocycles. The molecule has 0 unspecified atom stereocenters. The third-order valence-electron chi connectivity index (χ3n) is 4.63. The molecule has 5 nitrogen and oxygen atoms in total. The Morgan fingerprint density at radius 1 is 1.13 bits per heavy atom. The van der Waals surface area contributed by atoms with E-state index in [1.165, 1.54) is 5.56 Å². The highest BCUT2D eigenvalue weighted by molar-refractivity contribution is 5.78. The molecule has 3 rings (SSSR count). The van der Waals surface area contributed by atoms with Crippen LogP contribution in [-0.4, -0.2) is 67.7 Å². The highest BCUT2D eigenvalue weighted by atomic mass is 16.5. The van der Waals surface area contributed by atoms with Gasteiger partial charge in [-0.25, -0.2) is 0 Å². The van der Waals surface area contributed by atoms with Crippen LogP contribution < -0.4 is 5.32 Å². The number of hydrogen-bond acceptors (Lipinski definition) is 4. The lowest BCUT2D eigenvalue weighted by Gasteiger charge is -2.34. The van der Waals surface area contributed by atoms with Crippen LogP contribution in [0.2, 0.25) is 0 Å². The first-order chi connectivity index (χ1) is 11.3. The molecule has 1 amide bonds. The third kappa shape index (κ3) is 5.30. The first kappa shape index (κ1) is 16.4. The zero-order valence-corrected chi connectivity index (χ0v) is 13.7. The molecule has 0 spiro atoms. The molecule has 0 saturated carbocycles. The number of amides is 1. The molecule has 1 atom stereocenters. The van der Waals surface area contributed by atoms with Crippen LogP contribution >= 0.6 is 0 Å². The van der Waals surface area contributed by atoms with Crippen molar-refractivity contribution in [3.63, 3.8) is 0 Å². The lowest BCUT2D eigenvalue weighted by Crippen LogP contribution is -2.49. The van der Waals surface area contributed by atoms with Gasteiger partial charge in [-0.2, -0.15) is 0 Å². The minimum absolute atomic E-state index is 0.122. The Bertz CT molecular complexity index is 480. The normalized spacial score (nSPS) is 23.0. The first-order valence-corrected chi connectivity index (χ1v) is 8.66. The Hall–Kier alpha value is -1.43. The van der Waals surface area contributed by atoms with Crippen LogP contribution in [0.4, 0.5) is 0 Å². The zero-order valence-electron chi connectivity index (χ0n) is 13.7. The summed E-state index contributed by atoms with van der Waals surface area (Å²) >= 11 is 0. The second-order valence-corrected chi connectivity index (χ2v) is 6.48. The minimum Gasteiger partial charge on any atom is -0.376 e. The minimum atomic E-state index is 0.122. The molecule has 1 aromatic rings. The molecule has 5 heteroatoms. The molecule has 1 aromatic carbocycles. The average molecular weight is 317 g/mol. The molecule has 2 saturated heterocycles. The predicted octanol–water partition coefficient (Wildman–Crippen LogP) is 1.10. The quantitative estimate of drug-likeness (QED) is 0.853. The van der Waals surface area contributed by atoms with Crippen LogP contribution in [0.3, 0.4) is 0 Å². The molecule has 23 heavy (non-hydrogen) atoms. The van der Waals surface area contributed by atoms with E-state index in [9.17, 15) is 4.79 Å². The number of piperazine rings is 1. The van der Waals surface area contributed by atoms with Crippen LogP contribution in [0.5, 0.6) is 0 Å². The fourth-order valence-corrected chi connectivity index (χ4v) is 3.24. The summed E-state index contributed by atoms with van der Waals surface area (Å²) in [6.45, 7) is 6.96. The van der Waals surface area contributed by atoms with Gasteiger partial charge in [0.1, 0.15) is 0 Å². The van der Waals surface area contributed by atoms with Crippen molar-refractivity contribution >= 4 is 5.91 Å². The van der Waals surface area contributed by atoms with Crippen LogP contribution in [0.15, 0.2) is 30.3 Å². The van der Waals surface area contributed by atoms with E-state index in [2.05, 4.69) is 45.4 Å². The Morgan fingerprint density at radius 3 is 2.57 bits per heavy atom. The molecule has 2 aliphatic rings. The van der Waals surface area contributed by atoms with Gasteiger partial charge in [0.25, 0.3) is 0 Å². The maximum atomic E-state index is 12.0. The van der Waals surface area contributed by atoms with Crippen LogP contribution in [0.1, 0.15) is 18.4 Å². The first-order valence-electron chi connectivity index (χ1n) is 8.66. The van der Waals surface area contributed by atoms with Gasteiger partial charge in [-0.05, 0) is 18.4 Å². The predicted molar refractivity (Wildman–Crippen MR) is 90.1 cm³/mol. The number of hydrogen-bond donors (Lipinski definition) is 1. The van der Waals surface area contributed by atoms with Gasteiger partial charge in [-0.1, -0.05) is 30.3 Å². The van der Waals surface area contributed by atoms with E-state index in [-0.39, 0.29) is 12.0 Å². The Kier molecular flexibility index (Phi) is 6.02. The second kappa shape index (κ2) is 8.43. The molecule has 0 radical (unpaired) electrons. The fraction of sp³-hybridized carbons (Fsp3) is 0.611. The van der Waals surface area contributed by atoms with Crippen molar-refractivity contribution in [3.8, 4) is 0 Å². The van der Waals surface area contributed by atoms with Crippen molar-refractivity contribution in [3.05, 3.63) is 35.9 Å². The van der Waals surface area contributed by atoms with E-state index in [4.69, 9.17) is 4.74 Å². The number of carbonyl (C=O) groups excluding carboxylic acids is 1. The summed E-state index contributed by atoms with van der Waals surface area (Å²) in [7, 11) is 0. The van der Waals surface area contributed by atoms with Crippen molar-refractivity contribution < 1.29 is 9.53 Å². The summed E-state index contributed by atoms with van der Waals surface area (Å²) in [4.78, 5) is 16.7. The topological polar surface area (TPSA) is 44.8 Å². The lowest BCUT2D eigenvalue weighted by molar-refractivity contribution is -0.123. The van der Waals surface area contributed by atoms with Gasteiger partial charge < -0.3 is 10.1 Å². The fourth-order valence-electron chi connectivity index (χ4n) is 3.24. The van der Waals surface area contributed by atoms with Crippen LogP contribution in [-0.2, 0) is 16.1 Å². The maximum Gasteiger partial charge on any atom is 0.234 e. The highest BCUT2D eigenvalue weighted by Gasteiger charge is 2.20. The molecular formula is C18H27N3O2. The largest absolute Gasteiger partial charge is 0.376 e. The summed E-state index contributed by atoms with van der Waals surface area (Å²) in [5.41, 5.74) is 1.36. The van der Waals surface area contributed by atoms with E-state index in [1.54, 1.807) is 0 Å². The molecule has 2 fully saturated rings. The van der Waals surface area contributed by atoms with Gasteiger partial charge in [0.2, 0.25) is 5.91 Å². The van der Waals surface area contributed by atoms with Crippen molar-refractivity contribution in [1.82, 2.24) is 15.1 Å². The van der Waals surface area contributed by atoms with E-state index in [0.29, 0.717) is 13.1 Å². The SMILES string of the molecule is O=C(CN1CCN(Cc2ccccc2)CC1)NC[C@H]1CCCO1. The van der Waals surface area contributed by atoms with Crippen molar-refractivity contribution in [2.75, 3.05) is 45.9 Å². The standard InChI is InChI=1S/C18H27N3O2/c22-18(19-13-17-7-4-12-23-17)15-21-10-8-20(9-11-21)14-16-5-2-1-3-6-16/h1-3,5-6,17H,4,7-15H2,(H,19,22)/t17-/m1/s1. The Labute approximate surface area is 138 Å². The van der Waals surface area contributed by atoms with Crippen molar-refractivity contribution in [1.29, 1.82) is 0 Å². The lowest BCUT2D eigenvalue weighted by atomic mass is 10.2. The highest BCUT2D eigenvalue weighted by Crippen LogP contribution is 2.11. The second-order valence-electron chi connectivity index (χ2n) is 6.48. The number of rotatable bonds is 6. The van der Waals surface area contributed by atoms with Gasteiger partial charge in [0, 0.05) is 45.9 Å². The summed E-state index contributed by atoms with van der Waals surface area (Å²) in [6, 6.07) is 10.6. The van der Waals surface area contributed by atoms with Crippen molar-refractivity contribution in [2.45, 2.75) is 25.5 Å². The van der Waals surface area contributed by atoms with Gasteiger partial charge in [0.15, 0.2) is 0 Å². The van der Waals surface area contributed by atoms with Gasteiger partial charge in [-0.15, -0.1) is 0 Å². The monoisotopic (exact) mass is 317 g/mol. The third-order valence-corrected chi connectivity index (χ3v) is 4.63. The van der Waals surface area contributed by atoms with Gasteiger partial charge >= 0.3 is 0 Å². The Morgan fingerprint density at radius 2 is 1.87 bits per heavy atom. The molecule has 0 bridgehead atoms. The summed E-state index contributed by atoms with van der Waals surface area (Å²) in [5, 5.41) is 3.00. The van der Waals surface area contributed by atoms with Crippen LogP contribution in [0, 0.1) is 0 Å². The summed E-state index contributed by atoms with van der Waals surface area (Å²) in [5.74, 6) is 0.122. The van der Waals surface area contributed by atoms with E-state index in [0.717, 1.165) is 52.2 Å². The van der Waals surface area contributed by atoms with Gasteiger partial charge in [-0.3, -0.25) is 14.6 Å². The summed E-state index contributed by atoms with van der Waals surface area (Å²) in [6.07, 6.45) is 2.41. The number of ether oxygens (including phenoxy) is 1. The number of benzene rings is 1. The molecule has 2 heterocycles. The van der Waals surface area contributed by atoms with Gasteiger partial charge in [0.05, 0.1) is 12.6 Å². The number of carbonyl (C=O) groups is 1. The van der Waals surface area contributed by atoms with Crippen molar-refractivity contribution in [2.24, 2.45) is 0 Å². The van der Waals surface area contributed by atoms with E-state index < -0.39 is 0 Å².